The van der Waals surface area contributed by atoms with E-state index in [9.17, 15) is 9.59 Å². The maximum absolute atomic E-state index is 12.6. The fraction of sp³-hybridized carbons (Fsp3) is 0.333. The number of rotatable bonds is 3. The van der Waals surface area contributed by atoms with Crippen LogP contribution in [0, 0.1) is 0 Å². The smallest absolute Gasteiger partial charge is 0.407 e. The Balaban J connectivity index is 1.33. The van der Waals surface area contributed by atoms with Crippen LogP contribution in [0.2, 0.25) is 0 Å². The summed E-state index contributed by atoms with van der Waals surface area (Å²) in [6.07, 6.45) is 4.12. The third-order valence-corrected chi connectivity index (χ3v) is 5.18. The fourth-order valence-electron chi connectivity index (χ4n) is 3.73. The Kier molecular flexibility index (Phi) is 5.59. The molecular formula is C24H28N4O3. The largest absolute Gasteiger partial charge is 0.444 e. The summed E-state index contributed by atoms with van der Waals surface area (Å²) in [5, 5.41) is 7.91. The number of alkyl carbamates (subject to hydrolysis) is 1. The van der Waals surface area contributed by atoms with E-state index in [4.69, 9.17) is 4.74 Å². The maximum atomic E-state index is 12.6. The highest BCUT2D eigenvalue weighted by molar-refractivity contribution is 5.95. The quantitative estimate of drug-likeness (QED) is 0.637. The molecule has 2 aromatic carbocycles. The SMILES string of the molecule is CC(C)(C)OC(=O)NC1CCN(c2ccc(NC(=O)n3cc4ccccc4c3)cc2)C1. The van der Waals surface area contributed by atoms with Gasteiger partial charge < -0.3 is 20.3 Å². The first-order valence-corrected chi connectivity index (χ1v) is 10.5. The van der Waals surface area contributed by atoms with E-state index in [1.165, 1.54) is 0 Å². The topological polar surface area (TPSA) is 75.6 Å². The van der Waals surface area contributed by atoms with Crippen molar-refractivity contribution in [3.05, 3.63) is 60.9 Å². The monoisotopic (exact) mass is 420 g/mol. The standard InChI is InChI=1S/C24H28N4O3/c1-24(2,3)31-23(30)26-20-12-13-27(16-20)21-10-8-19(9-11-21)25-22(29)28-14-17-6-4-5-7-18(17)15-28/h4-11,14-15,20H,12-13,16H2,1-3H3,(H,25,29)(H,26,30). The molecule has 0 saturated carbocycles. The van der Waals surface area contributed by atoms with E-state index < -0.39 is 5.60 Å². The van der Waals surface area contributed by atoms with Crippen LogP contribution in [0.25, 0.3) is 10.8 Å². The van der Waals surface area contributed by atoms with Crippen LogP contribution in [-0.4, -0.2) is 41.4 Å². The Hall–Kier alpha value is -3.48. The predicted octanol–water partition coefficient (Wildman–Crippen LogP) is 4.82. The number of amides is 2. The van der Waals surface area contributed by atoms with Gasteiger partial charge in [-0.15, -0.1) is 0 Å². The Bertz CT molecular complexity index is 1050. The number of nitrogens with one attached hydrogen (secondary N) is 2. The molecule has 162 valence electrons. The highest BCUT2D eigenvalue weighted by atomic mass is 16.6. The molecule has 3 aromatic rings. The zero-order valence-electron chi connectivity index (χ0n) is 18.1. The number of carbonyl (C=O) groups excluding carboxylic acids is 2. The van der Waals surface area contributed by atoms with E-state index in [1.54, 1.807) is 4.57 Å². The first-order chi connectivity index (χ1) is 14.8. The third-order valence-electron chi connectivity index (χ3n) is 5.18. The molecule has 2 amide bonds. The number of hydrogen-bond donors (Lipinski definition) is 2. The molecule has 0 spiro atoms. The van der Waals surface area contributed by atoms with Crippen LogP contribution in [0.1, 0.15) is 27.2 Å². The summed E-state index contributed by atoms with van der Waals surface area (Å²) < 4.78 is 6.90. The van der Waals surface area contributed by atoms with Gasteiger partial charge in [-0.1, -0.05) is 24.3 Å². The molecule has 31 heavy (non-hydrogen) atoms. The zero-order chi connectivity index (χ0) is 22.0. The van der Waals surface area contributed by atoms with Crippen molar-refractivity contribution in [1.29, 1.82) is 0 Å². The van der Waals surface area contributed by atoms with Crippen molar-refractivity contribution in [2.75, 3.05) is 23.3 Å². The van der Waals surface area contributed by atoms with E-state index in [0.29, 0.717) is 0 Å². The number of ether oxygens (including phenoxy) is 1. The lowest BCUT2D eigenvalue weighted by molar-refractivity contribution is 0.0509. The van der Waals surface area contributed by atoms with Crippen LogP contribution >= 0.6 is 0 Å². The third kappa shape index (κ3) is 5.17. The van der Waals surface area contributed by atoms with E-state index in [-0.39, 0.29) is 18.2 Å². The number of carbonyl (C=O) groups is 2. The molecule has 1 atom stereocenters. The van der Waals surface area contributed by atoms with Gasteiger partial charge in [-0.05, 0) is 62.2 Å². The molecule has 0 bridgehead atoms. The summed E-state index contributed by atoms with van der Waals surface area (Å²) in [6.45, 7) is 7.13. The van der Waals surface area contributed by atoms with Crippen LogP contribution in [0.3, 0.4) is 0 Å². The van der Waals surface area contributed by atoms with Crippen LogP contribution in [0.5, 0.6) is 0 Å². The summed E-state index contributed by atoms with van der Waals surface area (Å²) in [5.74, 6) is 0. The summed E-state index contributed by atoms with van der Waals surface area (Å²) in [4.78, 5) is 26.8. The summed E-state index contributed by atoms with van der Waals surface area (Å²) in [5.41, 5.74) is 1.28. The van der Waals surface area contributed by atoms with Crippen molar-refractivity contribution in [3.8, 4) is 0 Å². The second-order valence-corrected chi connectivity index (χ2v) is 8.85. The average molecular weight is 421 g/mol. The molecule has 2 N–H and O–H groups in total. The van der Waals surface area contributed by atoms with Gasteiger partial charge >= 0.3 is 12.1 Å². The molecule has 0 radical (unpaired) electrons. The van der Waals surface area contributed by atoms with Gasteiger partial charge in [0.05, 0.1) is 6.04 Å². The van der Waals surface area contributed by atoms with Gasteiger partial charge in [0.15, 0.2) is 0 Å². The van der Waals surface area contributed by atoms with Crippen molar-refractivity contribution < 1.29 is 14.3 Å². The second-order valence-electron chi connectivity index (χ2n) is 8.85. The molecule has 1 fully saturated rings. The van der Waals surface area contributed by atoms with Crippen molar-refractivity contribution in [2.45, 2.75) is 38.8 Å². The normalized spacial score (nSPS) is 16.4. The van der Waals surface area contributed by atoms with Crippen molar-refractivity contribution >= 4 is 34.3 Å². The number of benzene rings is 2. The molecule has 1 aliphatic heterocycles. The molecule has 0 aliphatic carbocycles. The number of hydrogen-bond acceptors (Lipinski definition) is 4. The van der Waals surface area contributed by atoms with Gasteiger partial charge in [0.1, 0.15) is 5.60 Å². The highest BCUT2D eigenvalue weighted by Gasteiger charge is 2.26. The number of anilines is 2. The molecule has 1 unspecified atom stereocenters. The number of fused-ring (bicyclic) bond motifs is 1. The summed E-state index contributed by atoms with van der Waals surface area (Å²) in [7, 11) is 0. The van der Waals surface area contributed by atoms with Crippen molar-refractivity contribution in [1.82, 2.24) is 9.88 Å². The van der Waals surface area contributed by atoms with Gasteiger partial charge in [0.2, 0.25) is 0 Å². The van der Waals surface area contributed by atoms with Gasteiger partial charge in [-0.2, -0.15) is 0 Å². The summed E-state index contributed by atoms with van der Waals surface area (Å²) in [6, 6.07) is 15.5. The van der Waals surface area contributed by atoms with Gasteiger partial charge in [-0.25, -0.2) is 9.59 Å². The van der Waals surface area contributed by atoms with E-state index >= 15 is 0 Å². The van der Waals surface area contributed by atoms with Crippen molar-refractivity contribution in [2.24, 2.45) is 0 Å². The van der Waals surface area contributed by atoms with E-state index in [0.717, 1.165) is 41.7 Å². The fourth-order valence-corrected chi connectivity index (χ4v) is 3.73. The molecule has 4 rings (SSSR count). The molecule has 2 heterocycles. The van der Waals surface area contributed by atoms with Crippen molar-refractivity contribution in [3.63, 3.8) is 0 Å². The highest BCUT2D eigenvalue weighted by Crippen LogP contribution is 2.23. The average Bonchev–Trinajstić information content (AvgIpc) is 3.34. The number of aromatic nitrogens is 1. The van der Waals surface area contributed by atoms with E-state index in [2.05, 4.69) is 15.5 Å². The lowest BCUT2D eigenvalue weighted by Crippen LogP contribution is -2.40. The molecule has 1 aliphatic rings. The molecular weight excluding hydrogens is 392 g/mol. The minimum atomic E-state index is -0.504. The Morgan fingerprint density at radius 1 is 1.00 bits per heavy atom. The van der Waals surface area contributed by atoms with Gasteiger partial charge in [0.25, 0.3) is 0 Å². The van der Waals surface area contributed by atoms with Crippen LogP contribution in [0.4, 0.5) is 21.0 Å². The van der Waals surface area contributed by atoms with Gasteiger partial charge in [0, 0.05) is 36.9 Å². The minimum absolute atomic E-state index is 0.0529. The lowest BCUT2D eigenvalue weighted by Gasteiger charge is -2.22. The second kappa shape index (κ2) is 8.34. The number of nitrogens with zero attached hydrogens (tertiary/aromatic N) is 2. The molecule has 1 aromatic heterocycles. The van der Waals surface area contributed by atoms with Crippen LogP contribution < -0.4 is 15.5 Å². The molecule has 1 saturated heterocycles. The Labute approximate surface area is 182 Å². The summed E-state index contributed by atoms with van der Waals surface area (Å²) >= 11 is 0. The maximum Gasteiger partial charge on any atom is 0.407 e. The Morgan fingerprint density at radius 2 is 1.65 bits per heavy atom. The van der Waals surface area contributed by atoms with Crippen LogP contribution in [-0.2, 0) is 4.74 Å². The predicted molar refractivity (Wildman–Crippen MR) is 123 cm³/mol. The first kappa shape index (κ1) is 20.8. The zero-order valence-corrected chi connectivity index (χ0v) is 18.1. The first-order valence-electron chi connectivity index (χ1n) is 10.5. The van der Waals surface area contributed by atoms with Gasteiger partial charge in [-0.3, -0.25) is 4.57 Å². The Morgan fingerprint density at radius 3 is 2.26 bits per heavy atom. The van der Waals surface area contributed by atoms with Crippen LogP contribution in [0.15, 0.2) is 60.9 Å². The lowest BCUT2D eigenvalue weighted by atomic mass is 10.2. The van der Waals surface area contributed by atoms with E-state index in [1.807, 2.05) is 81.7 Å². The molecule has 7 heteroatoms. The minimum Gasteiger partial charge on any atom is -0.444 e. The molecule has 7 nitrogen and oxygen atoms in total.